The van der Waals surface area contributed by atoms with Gasteiger partial charge in [0.05, 0.1) is 12.1 Å². The molecule has 120 valence electrons. The predicted octanol–water partition coefficient (Wildman–Crippen LogP) is 5.61. The normalized spacial score (nSPS) is 14.0. The van der Waals surface area contributed by atoms with Gasteiger partial charge >= 0.3 is 0 Å². The van der Waals surface area contributed by atoms with Crippen LogP contribution in [0.5, 0.6) is 5.75 Å². The molecule has 0 aliphatic carbocycles. The fraction of sp³-hybridized carbons (Fsp3) is 0.667. The van der Waals surface area contributed by atoms with Crippen molar-refractivity contribution in [1.82, 2.24) is 5.32 Å². The van der Waals surface area contributed by atoms with Gasteiger partial charge in [0.25, 0.3) is 0 Å². The molecular formula is C18H30ClNO. The highest BCUT2D eigenvalue weighted by atomic mass is 35.5. The summed E-state index contributed by atoms with van der Waals surface area (Å²) in [5, 5.41) is 4.41. The maximum absolute atomic E-state index is 6.31. The van der Waals surface area contributed by atoms with E-state index in [0.717, 1.165) is 18.7 Å². The Bertz CT molecular complexity index is 408. The Balaban J connectivity index is 2.96. The Morgan fingerprint density at radius 1 is 1.19 bits per heavy atom. The second kappa shape index (κ2) is 10.1. The molecule has 0 bridgehead atoms. The maximum atomic E-state index is 6.31. The van der Waals surface area contributed by atoms with Gasteiger partial charge in [-0.05, 0) is 43.0 Å². The van der Waals surface area contributed by atoms with Crippen molar-refractivity contribution in [2.24, 2.45) is 5.92 Å². The molecule has 0 aliphatic rings. The molecule has 0 spiro atoms. The average molecular weight is 312 g/mol. The molecule has 0 radical (unpaired) electrons. The summed E-state index contributed by atoms with van der Waals surface area (Å²) in [5.74, 6) is 1.40. The first-order chi connectivity index (χ1) is 10.2. The number of nitrogens with one attached hydrogen (secondary N) is 1. The number of hydrogen-bond acceptors (Lipinski definition) is 2. The molecule has 1 rings (SSSR count). The molecule has 3 heteroatoms. The number of unbranched alkanes of at least 4 members (excludes halogenated alkanes) is 1. The number of halogens is 1. The summed E-state index contributed by atoms with van der Waals surface area (Å²) < 4.78 is 5.26. The summed E-state index contributed by atoms with van der Waals surface area (Å²) in [6.07, 6.45) is 6.13. The highest BCUT2D eigenvalue weighted by Gasteiger charge is 2.21. The van der Waals surface area contributed by atoms with Crippen LogP contribution < -0.4 is 10.1 Å². The first-order valence-corrected chi connectivity index (χ1v) is 8.62. The zero-order chi connectivity index (χ0) is 15.7. The quantitative estimate of drug-likeness (QED) is 0.606. The molecule has 0 amide bonds. The molecule has 0 saturated heterocycles. The van der Waals surface area contributed by atoms with E-state index in [9.17, 15) is 0 Å². The molecule has 0 fully saturated rings. The van der Waals surface area contributed by atoms with Crippen LogP contribution in [0.15, 0.2) is 18.2 Å². The lowest BCUT2D eigenvalue weighted by molar-refractivity contribution is 0.323. The van der Waals surface area contributed by atoms with Crippen molar-refractivity contribution >= 4 is 11.6 Å². The first kappa shape index (κ1) is 18.3. The van der Waals surface area contributed by atoms with E-state index in [-0.39, 0.29) is 0 Å². The van der Waals surface area contributed by atoms with Gasteiger partial charge in [-0.15, -0.1) is 0 Å². The minimum atomic E-state index is 0.380. The summed E-state index contributed by atoms with van der Waals surface area (Å²) in [4.78, 5) is 0. The molecule has 2 unspecified atom stereocenters. The van der Waals surface area contributed by atoms with Gasteiger partial charge in [0.15, 0.2) is 0 Å². The number of methoxy groups -OCH3 is 1. The zero-order valence-electron chi connectivity index (χ0n) is 13.9. The first-order valence-electron chi connectivity index (χ1n) is 8.24. The van der Waals surface area contributed by atoms with Gasteiger partial charge in [0.2, 0.25) is 0 Å². The van der Waals surface area contributed by atoms with E-state index in [2.05, 4.69) is 38.2 Å². The Morgan fingerprint density at radius 2 is 1.95 bits per heavy atom. The summed E-state index contributed by atoms with van der Waals surface area (Å²) in [6.45, 7) is 7.78. The lowest BCUT2D eigenvalue weighted by Gasteiger charge is -2.28. The van der Waals surface area contributed by atoms with E-state index < -0.39 is 0 Å². The van der Waals surface area contributed by atoms with Crippen LogP contribution in [0.4, 0.5) is 0 Å². The van der Waals surface area contributed by atoms with E-state index in [4.69, 9.17) is 16.3 Å². The van der Waals surface area contributed by atoms with Crippen LogP contribution in [-0.2, 0) is 0 Å². The molecule has 2 nitrogen and oxygen atoms in total. The largest absolute Gasteiger partial charge is 0.495 e. The van der Waals surface area contributed by atoms with Crippen molar-refractivity contribution in [3.8, 4) is 5.75 Å². The third-order valence-corrected chi connectivity index (χ3v) is 4.37. The van der Waals surface area contributed by atoms with Gasteiger partial charge in [0.1, 0.15) is 5.75 Å². The lowest BCUT2D eigenvalue weighted by Crippen LogP contribution is -2.29. The Labute approximate surface area is 135 Å². The molecule has 1 N–H and O–H groups in total. The molecule has 0 aliphatic heterocycles. The number of rotatable bonds is 10. The van der Waals surface area contributed by atoms with E-state index in [1.165, 1.54) is 31.2 Å². The number of benzene rings is 1. The fourth-order valence-electron chi connectivity index (χ4n) is 2.81. The van der Waals surface area contributed by atoms with Crippen LogP contribution in [-0.4, -0.2) is 13.7 Å². The smallest absolute Gasteiger partial charge is 0.137 e. The standard InChI is InChI=1S/C18H30ClNO/c1-5-8-9-14(7-3)18(20-12-6-2)15-10-11-17(21-4)16(19)13-15/h10-11,13-14,18,20H,5-9,12H2,1-4H3. The molecule has 0 aromatic heterocycles. The van der Waals surface area contributed by atoms with Gasteiger partial charge in [-0.2, -0.15) is 0 Å². The molecule has 0 heterocycles. The topological polar surface area (TPSA) is 21.3 Å². The van der Waals surface area contributed by atoms with E-state index >= 15 is 0 Å². The van der Waals surface area contributed by atoms with Gasteiger partial charge in [0, 0.05) is 6.04 Å². The maximum Gasteiger partial charge on any atom is 0.137 e. The Morgan fingerprint density at radius 3 is 2.48 bits per heavy atom. The minimum absolute atomic E-state index is 0.380. The third-order valence-electron chi connectivity index (χ3n) is 4.07. The zero-order valence-corrected chi connectivity index (χ0v) is 14.7. The lowest BCUT2D eigenvalue weighted by atomic mass is 9.86. The second-order valence-electron chi connectivity index (χ2n) is 5.64. The van der Waals surface area contributed by atoms with Crippen molar-refractivity contribution in [1.29, 1.82) is 0 Å². The van der Waals surface area contributed by atoms with Crippen LogP contribution in [0.1, 0.15) is 64.5 Å². The van der Waals surface area contributed by atoms with Crippen LogP contribution in [0.3, 0.4) is 0 Å². The predicted molar refractivity (Wildman–Crippen MR) is 92.3 cm³/mol. The molecule has 1 aromatic rings. The van der Waals surface area contributed by atoms with Crippen molar-refractivity contribution in [2.45, 2.75) is 58.9 Å². The van der Waals surface area contributed by atoms with Crippen LogP contribution >= 0.6 is 11.6 Å². The average Bonchev–Trinajstić information content (AvgIpc) is 2.50. The minimum Gasteiger partial charge on any atom is -0.495 e. The molecule has 2 atom stereocenters. The fourth-order valence-corrected chi connectivity index (χ4v) is 3.07. The number of ether oxygens (including phenoxy) is 1. The molecule has 21 heavy (non-hydrogen) atoms. The van der Waals surface area contributed by atoms with Gasteiger partial charge in [-0.1, -0.05) is 57.7 Å². The summed E-state index contributed by atoms with van der Waals surface area (Å²) in [6, 6.07) is 6.56. The van der Waals surface area contributed by atoms with Crippen LogP contribution in [0, 0.1) is 5.92 Å². The molecular weight excluding hydrogens is 282 g/mol. The SMILES string of the molecule is CCCCC(CC)C(NCCC)c1ccc(OC)c(Cl)c1. The van der Waals surface area contributed by atoms with Gasteiger partial charge in [-0.25, -0.2) is 0 Å². The van der Waals surface area contributed by atoms with Crippen molar-refractivity contribution < 1.29 is 4.74 Å². The van der Waals surface area contributed by atoms with Crippen LogP contribution in [0.25, 0.3) is 0 Å². The third kappa shape index (κ3) is 5.52. The monoisotopic (exact) mass is 311 g/mol. The van der Waals surface area contributed by atoms with E-state index in [1.54, 1.807) is 7.11 Å². The Kier molecular flexibility index (Phi) is 8.79. The summed E-state index contributed by atoms with van der Waals surface area (Å²) in [7, 11) is 1.66. The highest BCUT2D eigenvalue weighted by molar-refractivity contribution is 6.32. The van der Waals surface area contributed by atoms with Gasteiger partial charge in [-0.3, -0.25) is 0 Å². The van der Waals surface area contributed by atoms with E-state index in [1.807, 2.05) is 6.07 Å². The second-order valence-corrected chi connectivity index (χ2v) is 6.04. The highest BCUT2D eigenvalue weighted by Crippen LogP contribution is 2.33. The van der Waals surface area contributed by atoms with Crippen molar-refractivity contribution in [3.05, 3.63) is 28.8 Å². The van der Waals surface area contributed by atoms with E-state index in [0.29, 0.717) is 17.0 Å². The van der Waals surface area contributed by atoms with Crippen molar-refractivity contribution in [2.75, 3.05) is 13.7 Å². The number of hydrogen-bond donors (Lipinski definition) is 1. The van der Waals surface area contributed by atoms with Gasteiger partial charge < -0.3 is 10.1 Å². The van der Waals surface area contributed by atoms with Crippen molar-refractivity contribution in [3.63, 3.8) is 0 Å². The van der Waals surface area contributed by atoms with Crippen LogP contribution in [0.2, 0.25) is 5.02 Å². The Hall–Kier alpha value is -0.730. The molecule has 0 saturated carbocycles. The summed E-state index contributed by atoms with van der Waals surface area (Å²) >= 11 is 6.31. The summed E-state index contributed by atoms with van der Waals surface area (Å²) in [5.41, 5.74) is 1.28. The molecule has 1 aromatic carbocycles.